The Morgan fingerprint density at radius 2 is 2.00 bits per heavy atom. The van der Waals surface area contributed by atoms with E-state index in [9.17, 15) is 13.6 Å². The van der Waals surface area contributed by atoms with Crippen molar-refractivity contribution in [2.75, 3.05) is 0 Å². The first-order valence-corrected chi connectivity index (χ1v) is 9.64. The Labute approximate surface area is 157 Å². The maximum atomic E-state index is 12.2. The van der Waals surface area contributed by atoms with Crippen molar-refractivity contribution < 1.29 is 18.3 Å². The molecule has 8 heteroatoms. The minimum atomic E-state index is -2.85. The molecule has 4 nitrogen and oxygen atoms in total. The average molecular weight is 394 g/mol. The number of rotatable bonds is 7. The van der Waals surface area contributed by atoms with Gasteiger partial charge >= 0.3 is 6.61 Å². The fourth-order valence-corrected chi connectivity index (χ4v) is 3.92. The molecule has 1 unspecified atom stereocenters. The molecule has 26 heavy (non-hydrogen) atoms. The quantitative estimate of drug-likeness (QED) is 0.621. The number of alkyl halides is 2. The first-order valence-electron chi connectivity index (χ1n) is 7.82. The number of thiazole rings is 1. The zero-order chi connectivity index (χ0) is 18.5. The minimum Gasteiger partial charge on any atom is -0.435 e. The van der Waals surface area contributed by atoms with Crippen LogP contribution >= 0.6 is 22.7 Å². The summed E-state index contributed by atoms with van der Waals surface area (Å²) in [6, 6.07) is 7.96. The van der Waals surface area contributed by atoms with Crippen LogP contribution in [0.3, 0.4) is 0 Å². The number of carbonyl (C=O) groups excluding carboxylic acids is 1. The van der Waals surface area contributed by atoms with Gasteiger partial charge in [-0.2, -0.15) is 20.1 Å². The van der Waals surface area contributed by atoms with Gasteiger partial charge < -0.3 is 10.1 Å². The molecule has 0 saturated heterocycles. The van der Waals surface area contributed by atoms with Crippen molar-refractivity contribution in [2.24, 2.45) is 0 Å². The van der Waals surface area contributed by atoms with Crippen molar-refractivity contribution >= 4 is 28.6 Å². The molecule has 3 rings (SSSR count). The molecule has 1 N–H and O–H groups in total. The molecule has 0 aliphatic heterocycles. The predicted molar refractivity (Wildman–Crippen MR) is 98.8 cm³/mol. The van der Waals surface area contributed by atoms with Crippen LogP contribution in [0.4, 0.5) is 8.78 Å². The summed E-state index contributed by atoms with van der Waals surface area (Å²) in [5.74, 6) is -0.0571. The molecule has 1 aromatic carbocycles. The number of nitrogens with zero attached hydrogens (tertiary/aromatic N) is 1. The van der Waals surface area contributed by atoms with E-state index in [4.69, 9.17) is 0 Å². The second kappa shape index (κ2) is 8.37. The van der Waals surface area contributed by atoms with Crippen LogP contribution in [-0.2, 0) is 11.2 Å². The SMILES string of the molecule is CC(NC(=O)Cc1csc(-c2ccsc2)n1)c1ccc(OC(F)F)cc1. The number of hydrogen-bond donors (Lipinski definition) is 1. The third-order valence-corrected chi connectivity index (χ3v) is 5.27. The normalized spacial score (nSPS) is 12.2. The third-order valence-electron chi connectivity index (χ3n) is 3.64. The zero-order valence-corrected chi connectivity index (χ0v) is 15.4. The molecule has 0 fully saturated rings. The van der Waals surface area contributed by atoms with Crippen molar-refractivity contribution in [3.63, 3.8) is 0 Å². The molecule has 0 aliphatic rings. The van der Waals surface area contributed by atoms with Crippen LogP contribution in [0.15, 0.2) is 46.5 Å². The van der Waals surface area contributed by atoms with Crippen LogP contribution in [0.2, 0.25) is 0 Å². The number of nitrogens with one attached hydrogen (secondary N) is 1. The third kappa shape index (κ3) is 4.86. The second-order valence-electron chi connectivity index (χ2n) is 5.57. The lowest BCUT2D eigenvalue weighted by Gasteiger charge is -2.14. The molecule has 0 aliphatic carbocycles. The number of hydrogen-bond acceptors (Lipinski definition) is 5. The van der Waals surface area contributed by atoms with Crippen LogP contribution in [0, 0.1) is 0 Å². The van der Waals surface area contributed by atoms with E-state index in [0.29, 0.717) is 0 Å². The van der Waals surface area contributed by atoms with Gasteiger partial charge in [0.25, 0.3) is 0 Å². The molecular weight excluding hydrogens is 378 g/mol. The van der Waals surface area contributed by atoms with E-state index in [0.717, 1.165) is 21.8 Å². The van der Waals surface area contributed by atoms with E-state index in [1.165, 1.54) is 23.5 Å². The highest BCUT2D eigenvalue weighted by Gasteiger charge is 2.13. The van der Waals surface area contributed by atoms with Crippen molar-refractivity contribution in [1.82, 2.24) is 10.3 Å². The monoisotopic (exact) mass is 394 g/mol. The standard InChI is InChI=1S/C18H16F2N2O2S2/c1-11(12-2-4-15(5-3-12)24-18(19)20)21-16(23)8-14-10-26-17(22-14)13-6-7-25-9-13/h2-7,9-11,18H,8H2,1H3,(H,21,23). The van der Waals surface area contributed by atoms with Crippen molar-refractivity contribution in [3.8, 4) is 16.3 Å². The first kappa shape index (κ1) is 18.5. The molecule has 3 aromatic rings. The van der Waals surface area contributed by atoms with Gasteiger partial charge in [0.15, 0.2) is 0 Å². The zero-order valence-electron chi connectivity index (χ0n) is 13.8. The van der Waals surface area contributed by atoms with Gasteiger partial charge in [-0.3, -0.25) is 4.79 Å². The van der Waals surface area contributed by atoms with Crippen molar-refractivity contribution in [3.05, 3.63) is 57.7 Å². The molecule has 0 bridgehead atoms. The van der Waals surface area contributed by atoms with Crippen LogP contribution in [0.25, 0.3) is 10.6 Å². The Hall–Kier alpha value is -2.32. The number of amides is 1. The number of thiophene rings is 1. The summed E-state index contributed by atoms with van der Waals surface area (Å²) in [5.41, 5.74) is 2.59. The Balaban J connectivity index is 1.56. The van der Waals surface area contributed by atoms with Gasteiger partial charge in [-0.1, -0.05) is 12.1 Å². The number of aromatic nitrogens is 1. The molecule has 0 saturated carbocycles. The molecule has 1 atom stereocenters. The largest absolute Gasteiger partial charge is 0.435 e. The van der Waals surface area contributed by atoms with E-state index in [-0.39, 0.29) is 24.1 Å². The van der Waals surface area contributed by atoms with E-state index in [1.807, 2.05) is 29.1 Å². The van der Waals surface area contributed by atoms with E-state index < -0.39 is 6.61 Å². The topological polar surface area (TPSA) is 51.2 Å². The molecule has 136 valence electrons. The smallest absolute Gasteiger partial charge is 0.387 e. The molecule has 0 spiro atoms. The molecule has 2 aromatic heterocycles. The molecule has 0 radical (unpaired) electrons. The summed E-state index contributed by atoms with van der Waals surface area (Å²) in [6.07, 6.45) is 0.192. The lowest BCUT2D eigenvalue weighted by molar-refractivity contribution is -0.121. The van der Waals surface area contributed by atoms with E-state index >= 15 is 0 Å². The van der Waals surface area contributed by atoms with E-state index in [1.54, 1.807) is 23.5 Å². The summed E-state index contributed by atoms with van der Waals surface area (Å²) in [4.78, 5) is 16.7. The van der Waals surface area contributed by atoms with Crippen LogP contribution in [-0.4, -0.2) is 17.5 Å². The summed E-state index contributed by atoms with van der Waals surface area (Å²) in [6.45, 7) is -1.02. The van der Waals surface area contributed by atoms with Gasteiger partial charge in [0.2, 0.25) is 5.91 Å². The number of ether oxygens (including phenoxy) is 1. The van der Waals surface area contributed by atoms with Gasteiger partial charge in [-0.05, 0) is 36.1 Å². The molecule has 1 amide bonds. The first-order chi connectivity index (χ1) is 12.5. The average Bonchev–Trinajstić information content (AvgIpc) is 3.26. The highest BCUT2D eigenvalue weighted by molar-refractivity contribution is 7.14. The lowest BCUT2D eigenvalue weighted by Crippen LogP contribution is -2.28. The molecular formula is C18H16F2N2O2S2. The fourth-order valence-electron chi connectivity index (χ4n) is 2.39. The fraction of sp³-hybridized carbons (Fsp3) is 0.222. The highest BCUT2D eigenvalue weighted by Crippen LogP contribution is 2.26. The van der Waals surface area contributed by atoms with Gasteiger partial charge in [-0.15, -0.1) is 11.3 Å². The second-order valence-corrected chi connectivity index (χ2v) is 7.21. The number of carbonyl (C=O) groups is 1. The van der Waals surface area contributed by atoms with Crippen molar-refractivity contribution in [2.45, 2.75) is 26.0 Å². The Morgan fingerprint density at radius 3 is 2.65 bits per heavy atom. The highest BCUT2D eigenvalue weighted by atomic mass is 32.1. The van der Waals surface area contributed by atoms with Crippen LogP contribution in [0.1, 0.15) is 24.2 Å². The van der Waals surface area contributed by atoms with Gasteiger partial charge in [0, 0.05) is 16.3 Å². The Morgan fingerprint density at radius 1 is 1.23 bits per heavy atom. The number of halogens is 2. The summed E-state index contributed by atoms with van der Waals surface area (Å²) in [7, 11) is 0. The number of benzene rings is 1. The van der Waals surface area contributed by atoms with Gasteiger partial charge in [-0.25, -0.2) is 4.98 Å². The van der Waals surface area contributed by atoms with Gasteiger partial charge in [0.05, 0.1) is 18.2 Å². The molecule has 2 heterocycles. The van der Waals surface area contributed by atoms with E-state index in [2.05, 4.69) is 15.0 Å². The predicted octanol–water partition coefficient (Wildman–Crippen LogP) is 4.89. The van der Waals surface area contributed by atoms with Crippen LogP contribution < -0.4 is 10.1 Å². The maximum absolute atomic E-state index is 12.2. The van der Waals surface area contributed by atoms with Crippen LogP contribution in [0.5, 0.6) is 5.75 Å². The summed E-state index contributed by atoms with van der Waals surface area (Å²) in [5, 5.41) is 9.68. The Kier molecular flexibility index (Phi) is 5.95. The summed E-state index contributed by atoms with van der Waals surface area (Å²) >= 11 is 3.12. The minimum absolute atomic E-state index is 0.0886. The van der Waals surface area contributed by atoms with Gasteiger partial charge in [0.1, 0.15) is 10.8 Å². The lowest BCUT2D eigenvalue weighted by atomic mass is 10.1. The maximum Gasteiger partial charge on any atom is 0.387 e. The summed E-state index contributed by atoms with van der Waals surface area (Å²) < 4.78 is 28.6. The Bertz CT molecular complexity index is 848. The van der Waals surface area contributed by atoms with Crippen molar-refractivity contribution in [1.29, 1.82) is 0 Å².